The third-order valence-electron chi connectivity index (χ3n) is 3.62. The molecule has 2 heterocycles. The van der Waals surface area contributed by atoms with Gasteiger partial charge in [0.1, 0.15) is 0 Å². The van der Waals surface area contributed by atoms with Crippen molar-refractivity contribution in [1.82, 2.24) is 14.9 Å². The van der Waals surface area contributed by atoms with Crippen molar-refractivity contribution in [3.63, 3.8) is 0 Å². The minimum Gasteiger partial charge on any atom is -0.347 e. The summed E-state index contributed by atoms with van der Waals surface area (Å²) in [6.45, 7) is 5.39. The first-order valence-electron chi connectivity index (χ1n) is 6.64. The molecule has 0 unspecified atom stereocenters. The summed E-state index contributed by atoms with van der Waals surface area (Å²) < 4.78 is 23.2. The molecule has 0 saturated carbocycles. The number of hydrogen-bond acceptors (Lipinski definition) is 6. The molecule has 1 aliphatic rings. The number of hydrogen-bond donors (Lipinski definition) is 0. The predicted molar refractivity (Wildman–Crippen MR) is 79.5 cm³/mol. The number of sulfone groups is 1. The van der Waals surface area contributed by atoms with Crippen LogP contribution in [-0.2, 0) is 16.4 Å². The van der Waals surface area contributed by atoms with Crippen molar-refractivity contribution in [2.45, 2.75) is 25.1 Å². The average Bonchev–Trinajstić information content (AvgIpc) is 2.35. The second-order valence-corrected chi connectivity index (χ2v) is 8.82. The van der Waals surface area contributed by atoms with E-state index < -0.39 is 14.6 Å². The fourth-order valence-corrected chi connectivity index (χ4v) is 3.73. The molecule has 7 heteroatoms. The van der Waals surface area contributed by atoms with Crippen molar-refractivity contribution < 1.29 is 8.42 Å². The standard InChI is InChI=1S/C13H22N4O2S/c1-13(2)10-17(5-6-20(13,18)19)9-11-7-14-12(15-8-11)16(3)4/h7-8H,5-6,9-10H2,1-4H3. The largest absolute Gasteiger partial charge is 0.347 e. The van der Waals surface area contributed by atoms with E-state index in [1.54, 1.807) is 26.2 Å². The highest BCUT2D eigenvalue weighted by molar-refractivity contribution is 7.92. The van der Waals surface area contributed by atoms with Gasteiger partial charge in [0, 0.05) is 51.7 Å². The zero-order chi connectivity index (χ0) is 15.0. The molecule has 1 fully saturated rings. The maximum atomic E-state index is 12.0. The van der Waals surface area contributed by atoms with Gasteiger partial charge < -0.3 is 4.90 Å². The van der Waals surface area contributed by atoms with E-state index in [0.29, 0.717) is 25.6 Å². The number of rotatable bonds is 3. The average molecular weight is 298 g/mol. The van der Waals surface area contributed by atoms with Crippen molar-refractivity contribution in [3.05, 3.63) is 18.0 Å². The summed E-state index contributed by atoms with van der Waals surface area (Å²) in [6, 6.07) is 0. The van der Waals surface area contributed by atoms with Crippen LogP contribution in [0.5, 0.6) is 0 Å². The Morgan fingerprint density at radius 2 is 1.90 bits per heavy atom. The van der Waals surface area contributed by atoms with Crippen LogP contribution in [-0.4, -0.2) is 61.0 Å². The van der Waals surface area contributed by atoms with Crippen LogP contribution in [0.2, 0.25) is 0 Å². The van der Waals surface area contributed by atoms with E-state index >= 15 is 0 Å². The topological polar surface area (TPSA) is 66.4 Å². The second kappa shape index (κ2) is 5.29. The van der Waals surface area contributed by atoms with Crippen LogP contribution < -0.4 is 4.90 Å². The molecular weight excluding hydrogens is 276 g/mol. The molecule has 0 aliphatic carbocycles. The van der Waals surface area contributed by atoms with Crippen molar-refractivity contribution >= 4 is 15.8 Å². The Bertz CT molecular complexity index is 567. The lowest BCUT2D eigenvalue weighted by molar-refractivity contribution is 0.241. The van der Waals surface area contributed by atoms with Gasteiger partial charge in [-0.25, -0.2) is 18.4 Å². The summed E-state index contributed by atoms with van der Waals surface area (Å²) in [5.74, 6) is 0.895. The van der Waals surface area contributed by atoms with Gasteiger partial charge in [-0.05, 0) is 13.8 Å². The fraction of sp³-hybridized carbons (Fsp3) is 0.692. The Kier molecular flexibility index (Phi) is 4.02. The van der Waals surface area contributed by atoms with Crippen LogP contribution in [0.15, 0.2) is 12.4 Å². The van der Waals surface area contributed by atoms with E-state index in [2.05, 4.69) is 14.9 Å². The van der Waals surface area contributed by atoms with Crippen LogP contribution in [0.3, 0.4) is 0 Å². The van der Waals surface area contributed by atoms with E-state index in [-0.39, 0.29) is 5.75 Å². The molecule has 1 aromatic heterocycles. The van der Waals surface area contributed by atoms with Gasteiger partial charge in [0.2, 0.25) is 5.95 Å². The summed E-state index contributed by atoms with van der Waals surface area (Å²) in [5, 5.41) is 0. The summed E-state index contributed by atoms with van der Waals surface area (Å²) >= 11 is 0. The molecule has 2 rings (SSSR count). The zero-order valence-electron chi connectivity index (χ0n) is 12.5. The fourth-order valence-electron chi connectivity index (χ4n) is 2.30. The predicted octanol–water partition coefficient (Wildman–Crippen LogP) is 0.552. The van der Waals surface area contributed by atoms with Crippen molar-refractivity contribution in [2.24, 2.45) is 0 Å². The van der Waals surface area contributed by atoms with Gasteiger partial charge >= 0.3 is 0 Å². The lowest BCUT2D eigenvalue weighted by Crippen LogP contribution is -2.52. The molecule has 1 aromatic rings. The van der Waals surface area contributed by atoms with Crippen LogP contribution in [0.1, 0.15) is 19.4 Å². The van der Waals surface area contributed by atoms with E-state index in [1.807, 2.05) is 19.0 Å². The molecule has 0 amide bonds. The molecule has 112 valence electrons. The highest BCUT2D eigenvalue weighted by Gasteiger charge is 2.39. The maximum Gasteiger partial charge on any atom is 0.224 e. The molecule has 0 radical (unpaired) electrons. The summed E-state index contributed by atoms with van der Waals surface area (Å²) in [6.07, 6.45) is 3.61. The van der Waals surface area contributed by atoms with Crippen molar-refractivity contribution in [1.29, 1.82) is 0 Å². The van der Waals surface area contributed by atoms with E-state index in [9.17, 15) is 8.42 Å². The number of aromatic nitrogens is 2. The van der Waals surface area contributed by atoms with Crippen LogP contribution >= 0.6 is 0 Å². The van der Waals surface area contributed by atoms with Gasteiger partial charge in [-0.3, -0.25) is 4.90 Å². The summed E-state index contributed by atoms with van der Waals surface area (Å²) in [4.78, 5) is 12.6. The highest BCUT2D eigenvalue weighted by atomic mass is 32.2. The van der Waals surface area contributed by atoms with E-state index in [4.69, 9.17) is 0 Å². The first-order chi connectivity index (χ1) is 9.21. The molecule has 0 spiro atoms. The third kappa shape index (κ3) is 3.09. The molecule has 0 bridgehead atoms. The Hall–Kier alpha value is -1.21. The van der Waals surface area contributed by atoms with Crippen LogP contribution in [0.25, 0.3) is 0 Å². The van der Waals surface area contributed by atoms with Gasteiger partial charge in [-0.2, -0.15) is 0 Å². The Labute approximate surface area is 120 Å². The smallest absolute Gasteiger partial charge is 0.224 e. The van der Waals surface area contributed by atoms with E-state index in [1.165, 1.54) is 0 Å². The van der Waals surface area contributed by atoms with Crippen LogP contribution in [0.4, 0.5) is 5.95 Å². The maximum absolute atomic E-state index is 12.0. The SMILES string of the molecule is CN(C)c1ncc(CN2CCS(=O)(=O)C(C)(C)C2)cn1. The highest BCUT2D eigenvalue weighted by Crippen LogP contribution is 2.24. The molecule has 20 heavy (non-hydrogen) atoms. The monoisotopic (exact) mass is 298 g/mol. The normalized spacial score (nSPS) is 21.6. The van der Waals surface area contributed by atoms with E-state index in [0.717, 1.165) is 5.56 Å². The Morgan fingerprint density at radius 1 is 1.30 bits per heavy atom. The minimum atomic E-state index is -2.98. The van der Waals surface area contributed by atoms with Gasteiger partial charge in [0.25, 0.3) is 0 Å². The molecule has 0 N–H and O–H groups in total. The molecule has 0 aromatic carbocycles. The minimum absolute atomic E-state index is 0.219. The van der Waals surface area contributed by atoms with Gasteiger partial charge in [-0.1, -0.05) is 0 Å². The summed E-state index contributed by atoms with van der Waals surface area (Å²) in [7, 11) is 0.808. The van der Waals surface area contributed by atoms with Gasteiger partial charge in [-0.15, -0.1) is 0 Å². The first kappa shape index (κ1) is 15.2. The Balaban J connectivity index is 2.05. The lowest BCUT2D eigenvalue weighted by atomic mass is 10.1. The molecule has 1 saturated heterocycles. The lowest BCUT2D eigenvalue weighted by Gasteiger charge is -2.37. The zero-order valence-corrected chi connectivity index (χ0v) is 13.3. The van der Waals surface area contributed by atoms with Crippen molar-refractivity contribution in [2.75, 3.05) is 37.8 Å². The van der Waals surface area contributed by atoms with Crippen LogP contribution in [0, 0.1) is 0 Å². The summed E-state index contributed by atoms with van der Waals surface area (Å²) in [5.41, 5.74) is 1.01. The Morgan fingerprint density at radius 3 is 2.40 bits per heavy atom. The van der Waals surface area contributed by atoms with Gasteiger partial charge in [0.15, 0.2) is 9.84 Å². The molecule has 6 nitrogen and oxygen atoms in total. The molecule has 1 aliphatic heterocycles. The first-order valence-corrected chi connectivity index (χ1v) is 8.29. The quantitative estimate of drug-likeness (QED) is 0.812. The molecular formula is C13H22N4O2S. The van der Waals surface area contributed by atoms with Crippen molar-refractivity contribution in [3.8, 4) is 0 Å². The molecule has 0 atom stereocenters. The second-order valence-electron chi connectivity index (χ2n) is 6.07. The van der Waals surface area contributed by atoms with Gasteiger partial charge in [0.05, 0.1) is 10.5 Å². The number of nitrogens with zero attached hydrogens (tertiary/aromatic N) is 4. The number of anilines is 1. The third-order valence-corrected chi connectivity index (χ3v) is 6.15.